The van der Waals surface area contributed by atoms with Crippen molar-refractivity contribution in [2.45, 2.75) is 25.4 Å². The van der Waals surface area contributed by atoms with Crippen LogP contribution in [0.4, 0.5) is 0 Å². The van der Waals surface area contributed by atoms with E-state index in [1.165, 1.54) is 0 Å². The largest absolute Gasteiger partial charge is 0.313 e. The molecule has 3 rings (SSSR count). The van der Waals surface area contributed by atoms with Crippen molar-refractivity contribution in [2.24, 2.45) is 0 Å². The molecule has 0 amide bonds. The third kappa shape index (κ3) is 4.58. The van der Waals surface area contributed by atoms with Gasteiger partial charge in [-0.3, -0.25) is 4.79 Å². The van der Waals surface area contributed by atoms with Gasteiger partial charge in [-0.05, 0) is 18.9 Å². The number of carbonyl (C=O) groups excluding carboxylic acids is 1. The highest BCUT2D eigenvalue weighted by atomic mass is 31.2. The number of hydrogen-bond donors (Lipinski definition) is 0. The number of benzene rings is 3. The first-order chi connectivity index (χ1) is 13.6. The van der Waals surface area contributed by atoms with Gasteiger partial charge in [0.25, 0.3) is 0 Å². The zero-order valence-corrected chi connectivity index (χ0v) is 17.0. The predicted octanol–water partition coefficient (Wildman–Crippen LogP) is 5.45. The Balaban J connectivity index is 1.78. The van der Waals surface area contributed by atoms with Crippen LogP contribution in [0.2, 0.25) is 0 Å². The molecular formula is C25H25O2P. The van der Waals surface area contributed by atoms with Gasteiger partial charge < -0.3 is 4.57 Å². The normalized spacial score (nSPS) is 12.8. The molecule has 0 aromatic heterocycles. The lowest BCUT2D eigenvalue weighted by Gasteiger charge is -2.25. The van der Waals surface area contributed by atoms with Gasteiger partial charge >= 0.3 is 0 Å². The summed E-state index contributed by atoms with van der Waals surface area (Å²) in [7, 11) is -3.05. The third-order valence-corrected chi connectivity index (χ3v) is 8.47. The molecule has 142 valence electrons. The second kappa shape index (κ2) is 9.48. The average molecular weight is 388 g/mol. The van der Waals surface area contributed by atoms with Gasteiger partial charge in [-0.15, -0.1) is 0 Å². The van der Waals surface area contributed by atoms with Crippen molar-refractivity contribution in [1.29, 1.82) is 0 Å². The van der Waals surface area contributed by atoms with Crippen molar-refractivity contribution < 1.29 is 9.36 Å². The number of hydrogen-bond acceptors (Lipinski definition) is 2. The van der Waals surface area contributed by atoms with Crippen LogP contribution in [0.15, 0.2) is 97.1 Å². The molecule has 0 heterocycles. The number of allylic oxidation sites excluding steroid dienone is 1. The Kier molecular flexibility index (Phi) is 6.79. The maximum atomic E-state index is 14.2. The number of ketones is 1. The maximum absolute atomic E-state index is 14.2. The molecule has 0 spiro atoms. The second-order valence-corrected chi connectivity index (χ2v) is 9.95. The minimum Gasteiger partial charge on any atom is -0.313 e. The predicted molar refractivity (Wildman–Crippen MR) is 119 cm³/mol. The Hall–Kier alpha value is -2.70. The van der Waals surface area contributed by atoms with Crippen LogP contribution in [-0.4, -0.2) is 11.4 Å². The van der Waals surface area contributed by atoms with Crippen LogP contribution in [0.1, 0.15) is 25.3 Å². The fourth-order valence-corrected chi connectivity index (χ4v) is 6.27. The minimum absolute atomic E-state index is 0.0359. The summed E-state index contributed by atoms with van der Waals surface area (Å²) in [6, 6.07) is 28.8. The van der Waals surface area contributed by atoms with Crippen molar-refractivity contribution in [2.75, 3.05) is 0 Å². The lowest BCUT2D eigenvalue weighted by Crippen LogP contribution is -2.29. The topological polar surface area (TPSA) is 34.1 Å². The first kappa shape index (κ1) is 20.0. The number of carbonyl (C=O) groups is 1. The van der Waals surface area contributed by atoms with Crippen molar-refractivity contribution in [3.05, 3.63) is 103 Å². The van der Waals surface area contributed by atoms with Gasteiger partial charge in [0, 0.05) is 17.0 Å². The van der Waals surface area contributed by atoms with Gasteiger partial charge in [0.2, 0.25) is 0 Å². The molecule has 0 radical (unpaired) electrons. The number of Topliss-reactive ketones (excluding diaryl/α,β-unsaturated/α-hetero) is 1. The van der Waals surface area contributed by atoms with E-state index in [4.69, 9.17) is 0 Å². The summed E-state index contributed by atoms with van der Waals surface area (Å²) in [4.78, 5) is 12.9. The van der Waals surface area contributed by atoms with E-state index in [0.717, 1.165) is 16.2 Å². The zero-order chi connectivity index (χ0) is 19.8. The van der Waals surface area contributed by atoms with Crippen LogP contribution in [0.25, 0.3) is 6.08 Å². The van der Waals surface area contributed by atoms with Crippen LogP contribution in [0.3, 0.4) is 0 Å². The Morgan fingerprint density at radius 3 is 1.79 bits per heavy atom. The standard InChI is InChI=1S/C25H25O2P/c1-21(25(26)20-12-11-15-22-13-5-2-6-14-22)28(27,23-16-7-3-8-17-23)24-18-9-4-10-19-24/h2-11,13-19,21H,12,20H2,1H3/b15-11+. The molecule has 28 heavy (non-hydrogen) atoms. The maximum Gasteiger partial charge on any atom is 0.153 e. The summed E-state index contributed by atoms with van der Waals surface area (Å²) in [6.07, 6.45) is 5.05. The Bertz CT molecular complexity index is 920. The molecule has 0 N–H and O–H groups in total. The van der Waals surface area contributed by atoms with Gasteiger partial charge in [0.15, 0.2) is 7.14 Å². The molecule has 3 aromatic carbocycles. The molecule has 2 nitrogen and oxygen atoms in total. The Labute approximate surface area is 167 Å². The number of rotatable bonds is 8. The van der Waals surface area contributed by atoms with Gasteiger partial charge in [0.1, 0.15) is 5.78 Å². The van der Waals surface area contributed by atoms with Crippen molar-refractivity contribution in [3.8, 4) is 0 Å². The molecule has 0 saturated heterocycles. The Morgan fingerprint density at radius 1 is 0.821 bits per heavy atom. The second-order valence-electron chi connectivity index (χ2n) is 6.82. The summed E-state index contributed by atoms with van der Waals surface area (Å²) >= 11 is 0. The van der Waals surface area contributed by atoms with Crippen molar-refractivity contribution in [3.63, 3.8) is 0 Å². The molecule has 0 aliphatic rings. The zero-order valence-electron chi connectivity index (χ0n) is 16.1. The Morgan fingerprint density at radius 2 is 1.29 bits per heavy atom. The molecule has 0 fully saturated rings. The van der Waals surface area contributed by atoms with Crippen LogP contribution in [-0.2, 0) is 9.36 Å². The monoisotopic (exact) mass is 388 g/mol. The molecule has 0 bridgehead atoms. The van der Waals surface area contributed by atoms with Gasteiger partial charge in [0.05, 0.1) is 5.66 Å². The SMILES string of the molecule is CC(C(=O)CC/C=C/c1ccccc1)P(=O)(c1ccccc1)c1ccccc1. The lowest BCUT2D eigenvalue weighted by atomic mass is 10.1. The van der Waals surface area contributed by atoms with Crippen molar-refractivity contribution >= 4 is 29.6 Å². The van der Waals surface area contributed by atoms with E-state index >= 15 is 0 Å². The van der Waals surface area contributed by atoms with Gasteiger partial charge in [-0.1, -0.05) is 103 Å². The van der Waals surface area contributed by atoms with Gasteiger partial charge in [-0.2, -0.15) is 0 Å². The van der Waals surface area contributed by atoms with Crippen LogP contribution < -0.4 is 10.6 Å². The molecule has 0 saturated carbocycles. The van der Waals surface area contributed by atoms with E-state index < -0.39 is 12.8 Å². The quantitative estimate of drug-likeness (QED) is 0.481. The fraction of sp³-hybridized carbons (Fsp3) is 0.160. The van der Waals surface area contributed by atoms with Crippen LogP contribution in [0.5, 0.6) is 0 Å². The smallest absolute Gasteiger partial charge is 0.153 e. The molecular weight excluding hydrogens is 363 g/mol. The van der Waals surface area contributed by atoms with Crippen LogP contribution in [0, 0.1) is 0 Å². The van der Waals surface area contributed by atoms with E-state index in [2.05, 4.69) is 0 Å². The van der Waals surface area contributed by atoms with E-state index in [-0.39, 0.29) is 5.78 Å². The molecule has 0 aliphatic heterocycles. The van der Waals surface area contributed by atoms with E-state index in [9.17, 15) is 9.36 Å². The molecule has 3 heteroatoms. The molecule has 1 unspecified atom stereocenters. The first-order valence-electron chi connectivity index (χ1n) is 9.57. The minimum atomic E-state index is -3.05. The summed E-state index contributed by atoms with van der Waals surface area (Å²) in [6.45, 7) is 1.81. The third-order valence-electron chi connectivity index (χ3n) is 4.96. The summed E-state index contributed by atoms with van der Waals surface area (Å²) < 4.78 is 14.2. The highest BCUT2D eigenvalue weighted by molar-refractivity contribution is 7.80. The van der Waals surface area contributed by atoms with E-state index in [1.807, 2.05) is 110 Å². The first-order valence-corrected chi connectivity index (χ1v) is 11.3. The summed E-state index contributed by atoms with van der Waals surface area (Å²) in [5.41, 5.74) is 0.560. The van der Waals surface area contributed by atoms with E-state index in [0.29, 0.717) is 12.8 Å². The highest BCUT2D eigenvalue weighted by Crippen LogP contribution is 2.49. The van der Waals surface area contributed by atoms with Crippen molar-refractivity contribution in [1.82, 2.24) is 0 Å². The average Bonchev–Trinajstić information content (AvgIpc) is 2.77. The highest BCUT2D eigenvalue weighted by Gasteiger charge is 2.37. The summed E-state index contributed by atoms with van der Waals surface area (Å²) in [5.74, 6) is 0.0359. The molecule has 0 aliphatic carbocycles. The fourth-order valence-electron chi connectivity index (χ4n) is 3.32. The van der Waals surface area contributed by atoms with E-state index in [1.54, 1.807) is 0 Å². The molecule has 3 aromatic rings. The summed E-state index contributed by atoms with van der Waals surface area (Å²) in [5, 5.41) is 1.48. The van der Waals surface area contributed by atoms with Gasteiger partial charge in [-0.25, -0.2) is 0 Å². The molecule has 1 atom stereocenters. The lowest BCUT2D eigenvalue weighted by molar-refractivity contribution is -0.118. The van der Waals surface area contributed by atoms with Crippen LogP contribution >= 0.6 is 7.14 Å².